The van der Waals surface area contributed by atoms with Gasteiger partial charge in [0.1, 0.15) is 0 Å². The molecule has 0 spiro atoms. The first-order valence-corrected chi connectivity index (χ1v) is 7.88. The number of nitrogens with one attached hydrogen (secondary N) is 1. The summed E-state index contributed by atoms with van der Waals surface area (Å²) in [6.07, 6.45) is 0. The summed E-state index contributed by atoms with van der Waals surface area (Å²) < 4.78 is 27.7. The molecule has 3 nitrogen and oxygen atoms in total. The van der Waals surface area contributed by atoms with Gasteiger partial charge in [0, 0.05) is 11.1 Å². The maximum absolute atomic E-state index is 12.5. The minimum absolute atomic E-state index is 0.275. The van der Waals surface area contributed by atoms with Crippen LogP contribution < -0.4 is 4.72 Å². The third-order valence-corrected chi connectivity index (χ3v) is 4.43. The second kappa shape index (κ2) is 5.38. The Hall–Kier alpha value is -1.65. The highest BCUT2D eigenvalue weighted by Crippen LogP contribution is 2.27. The minimum atomic E-state index is -3.57. The van der Waals surface area contributed by atoms with Gasteiger partial charge >= 0.3 is 0 Å². The molecule has 1 N–H and O–H groups in total. The van der Waals surface area contributed by atoms with Crippen LogP contribution in [-0.4, -0.2) is 14.0 Å². The summed E-state index contributed by atoms with van der Waals surface area (Å²) in [5.41, 5.74) is 0.902. The highest BCUT2D eigenvalue weighted by Gasteiger charge is 2.24. The van der Waals surface area contributed by atoms with Crippen LogP contribution >= 0.6 is 0 Å². The standard InChI is InChI=1S/C16H18NO2S/c1-16(2,3)17-20(18,19)15-12-8-7-11-14(15)13-9-5-4-6-10-13/h4-9,11-12,17H,1-3H3. The van der Waals surface area contributed by atoms with Crippen molar-refractivity contribution in [3.05, 3.63) is 54.6 Å². The van der Waals surface area contributed by atoms with Crippen molar-refractivity contribution >= 4 is 10.0 Å². The van der Waals surface area contributed by atoms with Crippen LogP contribution in [0.4, 0.5) is 0 Å². The Morgan fingerprint density at radius 3 is 2.25 bits per heavy atom. The van der Waals surface area contributed by atoms with E-state index in [1.165, 1.54) is 0 Å². The fourth-order valence-electron chi connectivity index (χ4n) is 1.94. The van der Waals surface area contributed by atoms with E-state index in [0.717, 1.165) is 5.56 Å². The number of hydrogen-bond donors (Lipinski definition) is 1. The van der Waals surface area contributed by atoms with E-state index >= 15 is 0 Å². The van der Waals surface area contributed by atoms with Gasteiger partial charge in [0.25, 0.3) is 0 Å². The number of benzene rings is 2. The third kappa shape index (κ3) is 3.46. The fourth-order valence-corrected chi connectivity index (χ4v) is 3.58. The molecule has 0 aliphatic carbocycles. The van der Waals surface area contributed by atoms with Gasteiger partial charge in [-0.3, -0.25) is 0 Å². The van der Waals surface area contributed by atoms with Crippen molar-refractivity contribution in [1.29, 1.82) is 0 Å². The molecule has 0 unspecified atom stereocenters. The first kappa shape index (κ1) is 14.8. The van der Waals surface area contributed by atoms with Gasteiger partial charge in [0.15, 0.2) is 0 Å². The van der Waals surface area contributed by atoms with Crippen LogP contribution in [0.25, 0.3) is 11.1 Å². The maximum Gasteiger partial charge on any atom is 0.241 e. The molecule has 2 aromatic carbocycles. The molecule has 0 heterocycles. The van der Waals surface area contributed by atoms with Crippen molar-refractivity contribution in [2.45, 2.75) is 31.2 Å². The van der Waals surface area contributed by atoms with Gasteiger partial charge in [-0.05, 0) is 38.5 Å². The molecule has 2 aromatic rings. The van der Waals surface area contributed by atoms with Crippen LogP contribution in [-0.2, 0) is 10.0 Å². The van der Waals surface area contributed by atoms with E-state index in [9.17, 15) is 8.42 Å². The molecule has 20 heavy (non-hydrogen) atoms. The van der Waals surface area contributed by atoms with Crippen LogP contribution in [0.2, 0.25) is 0 Å². The average Bonchev–Trinajstić information content (AvgIpc) is 2.37. The van der Waals surface area contributed by atoms with Crippen LogP contribution in [0.5, 0.6) is 0 Å². The second-order valence-corrected chi connectivity index (χ2v) is 7.28. The van der Waals surface area contributed by atoms with Gasteiger partial charge in [0.05, 0.1) is 4.90 Å². The molecule has 0 bridgehead atoms. The van der Waals surface area contributed by atoms with Gasteiger partial charge in [-0.15, -0.1) is 0 Å². The first-order valence-electron chi connectivity index (χ1n) is 6.40. The molecule has 0 aromatic heterocycles. The van der Waals surface area contributed by atoms with E-state index in [1.54, 1.807) is 24.3 Å². The number of hydrogen-bond acceptors (Lipinski definition) is 2. The third-order valence-electron chi connectivity index (χ3n) is 2.62. The predicted molar refractivity (Wildman–Crippen MR) is 80.8 cm³/mol. The lowest BCUT2D eigenvalue weighted by atomic mass is 10.1. The van der Waals surface area contributed by atoms with Gasteiger partial charge in [-0.2, -0.15) is 0 Å². The van der Waals surface area contributed by atoms with E-state index in [4.69, 9.17) is 0 Å². The molecule has 0 aliphatic heterocycles. The molecule has 2 rings (SSSR count). The number of sulfonamides is 1. The molecular weight excluding hydrogens is 270 g/mol. The van der Waals surface area contributed by atoms with E-state index in [0.29, 0.717) is 5.56 Å². The molecule has 0 atom stereocenters. The predicted octanol–water partition coefficient (Wildman–Crippen LogP) is 3.23. The zero-order chi connectivity index (χ0) is 14.8. The monoisotopic (exact) mass is 288 g/mol. The van der Waals surface area contributed by atoms with Crippen molar-refractivity contribution in [2.75, 3.05) is 0 Å². The fraction of sp³-hybridized carbons (Fsp3) is 0.250. The van der Waals surface area contributed by atoms with Crippen molar-refractivity contribution in [3.63, 3.8) is 0 Å². The minimum Gasteiger partial charge on any atom is -0.207 e. The number of rotatable bonds is 3. The lowest BCUT2D eigenvalue weighted by Crippen LogP contribution is -2.40. The van der Waals surface area contributed by atoms with Crippen LogP contribution in [0.1, 0.15) is 20.8 Å². The smallest absolute Gasteiger partial charge is 0.207 e. The van der Waals surface area contributed by atoms with E-state index in [1.807, 2.05) is 45.0 Å². The SMILES string of the molecule is CC(C)(C)NS(=O)(=O)c1ccccc1-c1[c]cccc1. The second-order valence-electron chi connectivity index (χ2n) is 5.63. The Kier molecular flexibility index (Phi) is 3.97. The molecule has 4 heteroatoms. The van der Waals surface area contributed by atoms with Crippen molar-refractivity contribution in [1.82, 2.24) is 4.72 Å². The van der Waals surface area contributed by atoms with Crippen molar-refractivity contribution < 1.29 is 8.42 Å². The lowest BCUT2D eigenvalue weighted by Gasteiger charge is -2.21. The van der Waals surface area contributed by atoms with Crippen LogP contribution in [0.15, 0.2) is 53.4 Å². The molecule has 1 radical (unpaired) electrons. The van der Waals surface area contributed by atoms with Gasteiger partial charge < -0.3 is 0 Å². The highest BCUT2D eigenvalue weighted by atomic mass is 32.2. The lowest BCUT2D eigenvalue weighted by molar-refractivity contribution is 0.491. The largest absolute Gasteiger partial charge is 0.241 e. The molecule has 0 fully saturated rings. The summed E-state index contributed by atoms with van der Waals surface area (Å²) in [6.45, 7) is 5.46. The average molecular weight is 288 g/mol. The summed E-state index contributed by atoms with van der Waals surface area (Å²) >= 11 is 0. The molecule has 105 valence electrons. The van der Waals surface area contributed by atoms with Crippen LogP contribution in [0, 0.1) is 6.07 Å². The zero-order valence-electron chi connectivity index (χ0n) is 11.8. The molecular formula is C16H18NO2S. The topological polar surface area (TPSA) is 46.2 Å². The van der Waals surface area contributed by atoms with E-state index < -0.39 is 15.6 Å². The highest BCUT2D eigenvalue weighted by molar-refractivity contribution is 7.89. The summed E-state index contributed by atoms with van der Waals surface area (Å²) in [7, 11) is -3.57. The molecule has 0 saturated heterocycles. The van der Waals surface area contributed by atoms with Gasteiger partial charge in [0.2, 0.25) is 10.0 Å². The van der Waals surface area contributed by atoms with E-state index in [2.05, 4.69) is 10.8 Å². The Morgan fingerprint density at radius 2 is 1.65 bits per heavy atom. The summed E-state index contributed by atoms with van der Waals surface area (Å²) in [6, 6.07) is 17.4. The Bertz CT molecular complexity index is 686. The summed E-state index contributed by atoms with van der Waals surface area (Å²) in [5.74, 6) is 0. The van der Waals surface area contributed by atoms with Crippen molar-refractivity contribution in [2.24, 2.45) is 0 Å². The molecule has 0 aliphatic rings. The first-order chi connectivity index (χ1) is 9.30. The molecule has 0 amide bonds. The van der Waals surface area contributed by atoms with Crippen LogP contribution in [0.3, 0.4) is 0 Å². The van der Waals surface area contributed by atoms with Gasteiger partial charge in [-0.25, -0.2) is 13.1 Å². The van der Waals surface area contributed by atoms with Gasteiger partial charge in [-0.1, -0.05) is 42.5 Å². The Labute approximate surface area is 120 Å². The molecule has 0 saturated carbocycles. The van der Waals surface area contributed by atoms with E-state index in [-0.39, 0.29) is 4.90 Å². The summed E-state index contributed by atoms with van der Waals surface area (Å²) in [4.78, 5) is 0.275. The Balaban J connectivity index is 2.54. The normalized spacial score (nSPS) is 12.3. The Morgan fingerprint density at radius 1 is 1.00 bits per heavy atom. The summed E-state index contributed by atoms with van der Waals surface area (Å²) in [5, 5.41) is 0. The van der Waals surface area contributed by atoms with Crippen molar-refractivity contribution in [3.8, 4) is 11.1 Å². The quantitative estimate of drug-likeness (QED) is 0.942. The maximum atomic E-state index is 12.5. The zero-order valence-corrected chi connectivity index (χ0v) is 12.7.